The van der Waals surface area contributed by atoms with Crippen molar-refractivity contribution in [3.05, 3.63) is 77.3 Å². The molecule has 3 amide bonds. The molecule has 0 spiro atoms. The Hall–Kier alpha value is -3.76. The molecule has 0 bridgehead atoms. The summed E-state index contributed by atoms with van der Waals surface area (Å²) in [6.45, 7) is 0. The number of ether oxygens (including phenoxy) is 1. The molecule has 0 saturated carbocycles. The number of urea groups is 1. The molecule has 0 radical (unpaired) electrons. The van der Waals surface area contributed by atoms with Crippen LogP contribution in [0.15, 0.2) is 71.6 Å². The molecule has 4 N–H and O–H groups in total. The number of carbonyl (C=O) groups is 2. The van der Waals surface area contributed by atoms with Crippen molar-refractivity contribution in [1.29, 1.82) is 0 Å². The molecule has 0 fully saturated rings. The quantitative estimate of drug-likeness (QED) is 0.464. The van der Waals surface area contributed by atoms with Gasteiger partial charge in [-0.15, -0.1) is 0 Å². The second-order valence-corrected chi connectivity index (χ2v) is 9.21. The third kappa shape index (κ3) is 5.54. The Labute approximate surface area is 196 Å². The lowest BCUT2D eigenvalue weighted by Crippen LogP contribution is -2.27. The Morgan fingerprint density at radius 3 is 2.06 bits per heavy atom. The number of hydrogen-bond acceptors (Lipinski definition) is 5. The predicted octanol–water partition coefficient (Wildman–Crippen LogP) is 3.92. The summed E-state index contributed by atoms with van der Waals surface area (Å²) < 4.78 is 32.5. The van der Waals surface area contributed by atoms with Gasteiger partial charge in [0.25, 0.3) is 15.9 Å². The number of nitrogens with zero attached hydrogens (tertiary/aromatic N) is 1. The summed E-state index contributed by atoms with van der Waals surface area (Å²) in [5, 5.41) is 5.14. The molecule has 3 aromatic carbocycles. The molecule has 11 heteroatoms. The van der Waals surface area contributed by atoms with E-state index in [0.717, 1.165) is 4.31 Å². The molecule has 0 aliphatic heterocycles. The first kappa shape index (κ1) is 23.9. The monoisotopic (exact) mass is 488 g/mol. The molecule has 0 saturated heterocycles. The highest BCUT2D eigenvalue weighted by molar-refractivity contribution is 7.92. The summed E-state index contributed by atoms with van der Waals surface area (Å²) in [6, 6.07) is 15.9. The smallest absolute Gasteiger partial charge is 0.316 e. The molecule has 0 aromatic heterocycles. The van der Waals surface area contributed by atoms with Crippen LogP contribution in [0.1, 0.15) is 10.4 Å². The van der Waals surface area contributed by atoms with Crippen molar-refractivity contribution in [2.24, 2.45) is 5.73 Å². The van der Waals surface area contributed by atoms with E-state index in [0.29, 0.717) is 22.8 Å². The minimum atomic E-state index is -3.97. The summed E-state index contributed by atoms with van der Waals surface area (Å²) >= 11 is 6.18. The number of nitrogens with two attached hydrogens (primary N) is 1. The fourth-order valence-electron chi connectivity index (χ4n) is 2.91. The Morgan fingerprint density at radius 2 is 1.52 bits per heavy atom. The highest BCUT2D eigenvalue weighted by Gasteiger charge is 2.24. The van der Waals surface area contributed by atoms with E-state index >= 15 is 0 Å². The summed E-state index contributed by atoms with van der Waals surface area (Å²) in [4.78, 5) is 23.6. The van der Waals surface area contributed by atoms with Gasteiger partial charge in [-0.1, -0.05) is 11.6 Å². The van der Waals surface area contributed by atoms with E-state index in [-0.39, 0.29) is 15.5 Å². The first-order chi connectivity index (χ1) is 15.6. The number of anilines is 3. The van der Waals surface area contributed by atoms with E-state index in [2.05, 4.69) is 10.6 Å². The number of rotatable bonds is 7. The normalized spacial score (nSPS) is 10.9. The summed E-state index contributed by atoms with van der Waals surface area (Å²) in [7, 11) is -1.05. The average molecular weight is 489 g/mol. The number of halogens is 1. The van der Waals surface area contributed by atoms with Gasteiger partial charge in [0.2, 0.25) is 0 Å². The van der Waals surface area contributed by atoms with Crippen LogP contribution >= 0.6 is 11.6 Å². The van der Waals surface area contributed by atoms with Crippen LogP contribution in [-0.4, -0.2) is 34.5 Å². The number of nitrogens with one attached hydrogen (secondary N) is 2. The van der Waals surface area contributed by atoms with Crippen LogP contribution in [0.3, 0.4) is 0 Å². The van der Waals surface area contributed by atoms with Gasteiger partial charge in [-0.25, -0.2) is 13.2 Å². The molecule has 33 heavy (non-hydrogen) atoms. The Bertz CT molecular complexity index is 1280. The van der Waals surface area contributed by atoms with Crippen LogP contribution < -0.4 is 25.4 Å². The van der Waals surface area contributed by atoms with Crippen molar-refractivity contribution in [1.82, 2.24) is 0 Å². The minimum Gasteiger partial charge on any atom is -0.497 e. The summed E-state index contributed by atoms with van der Waals surface area (Å²) in [6.07, 6.45) is 0. The molecule has 0 aliphatic carbocycles. The number of hydrogen-bond donors (Lipinski definition) is 3. The van der Waals surface area contributed by atoms with E-state index in [1.165, 1.54) is 32.4 Å². The number of sulfonamides is 1. The van der Waals surface area contributed by atoms with E-state index in [1.54, 1.807) is 48.5 Å². The fraction of sp³-hybridized carbons (Fsp3) is 0.0909. The highest BCUT2D eigenvalue weighted by Crippen LogP contribution is 2.27. The molecule has 3 rings (SSSR count). The molecule has 0 aliphatic rings. The van der Waals surface area contributed by atoms with Crippen LogP contribution in [0, 0.1) is 0 Å². The Morgan fingerprint density at radius 1 is 0.939 bits per heavy atom. The van der Waals surface area contributed by atoms with Crippen LogP contribution in [0.25, 0.3) is 0 Å². The van der Waals surface area contributed by atoms with Gasteiger partial charge in [0, 0.05) is 18.4 Å². The van der Waals surface area contributed by atoms with Crippen molar-refractivity contribution >= 4 is 50.6 Å². The van der Waals surface area contributed by atoms with E-state index in [9.17, 15) is 18.0 Å². The lowest BCUT2D eigenvalue weighted by molar-refractivity contribution is 0.102. The maximum atomic E-state index is 13.1. The number of methoxy groups -OCH3 is 1. The van der Waals surface area contributed by atoms with Gasteiger partial charge >= 0.3 is 6.03 Å². The number of benzene rings is 3. The first-order valence-electron chi connectivity index (χ1n) is 9.52. The molecular weight excluding hydrogens is 468 g/mol. The van der Waals surface area contributed by atoms with Gasteiger partial charge in [-0.3, -0.25) is 9.10 Å². The zero-order chi connectivity index (χ0) is 24.2. The van der Waals surface area contributed by atoms with E-state index < -0.39 is 22.0 Å². The molecular formula is C22H21ClN4O5S. The first-order valence-corrected chi connectivity index (χ1v) is 11.3. The standard InChI is InChI=1S/C22H21ClN4O5S/c1-27(16-7-9-17(32-2)10-8-16)33(30,31)18-11-12-20(23)19(13-18)21(28)25-14-3-5-15(6-4-14)26-22(24)29/h3-13H,1-2H3,(H,25,28)(H3,24,26,29). The molecule has 3 aromatic rings. The van der Waals surface area contributed by atoms with E-state index in [4.69, 9.17) is 22.1 Å². The Balaban J connectivity index is 1.84. The molecule has 0 atom stereocenters. The van der Waals surface area contributed by atoms with Crippen molar-refractivity contribution in [2.75, 3.05) is 29.1 Å². The SMILES string of the molecule is COc1ccc(N(C)S(=O)(=O)c2ccc(Cl)c(C(=O)Nc3ccc(NC(N)=O)cc3)c2)cc1. The van der Waals surface area contributed by atoms with Gasteiger partial charge < -0.3 is 21.1 Å². The third-order valence-electron chi connectivity index (χ3n) is 4.69. The predicted molar refractivity (Wildman–Crippen MR) is 128 cm³/mol. The third-order valence-corrected chi connectivity index (χ3v) is 6.80. The summed E-state index contributed by atoms with van der Waals surface area (Å²) in [5.41, 5.74) is 6.33. The van der Waals surface area contributed by atoms with Gasteiger partial charge in [0.15, 0.2) is 0 Å². The maximum Gasteiger partial charge on any atom is 0.316 e. The largest absolute Gasteiger partial charge is 0.497 e. The lowest BCUT2D eigenvalue weighted by Gasteiger charge is -2.20. The van der Waals surface area contributed by atoms with Gasteiger partial charge in [0.1, 0.15) is 5.75 Å². The van der Waals surface area contributed by atoms with Gasteiger partial charge in [0.05, 0.1) is 28.3 Å². The van der Waals surface area contributed by atoms with Crippen LogP contribution in [-0.2, 0) is 10.0 Å². The van der Waals surface area contributed by atoms with Crippen LogP contribution in [0.2, 0.25) is 5.02 Å². The van der Waals surface area contributed by atoms with Crippen LogP contribution in [0.4, 0.5) is 21.9 Å². The fourth-order valence-corrected chi connectivity index (χ4v) is 4.33. The molecule has 0 heterocycles. The second kappa shape index (κ2) is 9.80. The van der Waals surface area contributed by atoms with Crippen molar-refractivity contribution < 1.29 is 22.7 Å². The molecule has 172 valence electrons. The number of carbonyl (C=O) groups excluding carboxylic acids is 2. The van der Waals surface area contributed by atoms with Crippen molar-refractivity contribution in [3.63, 3.8) is 0 Å². The second-order valence-electron chi connectivity index (χ2n) is 6.83. The zero-order valence-corrected chi connectivity index (χ0v) is 19.3. The lowest BCUT2D eigenvalue weighted by atomic mass is 10.2. The highest BCUT2D eigenvalue weighted by atomic mass is 35.5. The topological polar surface area (TPSA) is 131 Å². The zero-order valence-electron chi connectivity index (χ0n) is 17.7. The molecule has 9 nitrogen and oxygen atoms in total. The number of amides is 3. The number of primary amides is 1. The minimum absolute atomic E-state index is 0.0137. The van der Waals surface area contributed by atoms with Gasteiger partial charge in [-0.05, 0) is 66.7 Å². The summed E-state index contributed by atoms with van der Waals surface area (Å²) in [5.74, 6) is -0.00630. The van der Waals surface area contributed by atoms with E-state index in [1.807, 2.05) is 0 Å². The van der Waals surface area contributed by atoms with Crippen LogP contribution in [0.5, 0.6) is 5.75 Å². The molecule has 0 unspecified atom stereocenters. The van der Waals surface area contributed by atoms with Crippen molar-refractivity contribution in [3.8, 4) is 5.75 Å². The van der Waals surface area contributed by atoms with Crippen molar-refractivity contribution in [2.45, 2.75) is 4.90 Å². The maximum absolute atomic E-state index is 13.1. The Kier molecular flexibility index (Phi) is 7.10. The van der Waals surface area contributed by atoms with Gasteiger partial charge in [-0.2, -0.15) is 0 Å². The average Bonchev–Trinajstić information content (AvgIpc) is 2.79.